The summed E-state index contributed by atoms with van der Waals surface area (Å²) in [6.45, 7) is 5.52. The van der Waals surface area contributed by atoms with Crippen molar-refractivity contribution in [2.75, 3.05) is 0 Å². The van der Waals surface area contributed by atoms with Gasteiger partial charge in [0.05, 0.1) is 6.54 Å². The number of amides is 1. The van der Waals surface area contributed by atoms with Crippen LogP contribution in [0, 0.1) is 0 Å². The lowest BCUT2D eigenvalue weighted by molar-refractivity contribution is 0.0519. The van der Waals surface area contributed by atoms with E-state index in [4.69, 9.17) is 9.15 Å². The number of hydrogen-bond acceptors (Lipinski definition) is 5. The van der Waals surface area contributed by atoms with Crippen molar-refractivity contribution in [2.24, 2.45) is 0 Å². The number of rotatable bonds is 4. The summed E-state index contributed by atoms with van der Waals surface area (Å²) in [5.74, 6) is 0.726. The van der Waals surface area contributed by atoms with Gasteiger partial charge in [-0.2, -0.15) is 0 Å². The van der Waals surface area contributed by atoms with Crippen molar-refractivity contribution in [3.63, 3.8) is 0 Å². The highest BCUT2D eigenvalue weighted by atomic mass is 16.6. The standard InChI is InChI=1S/C20H21N3O3/c1-20(2,3)26-19(24)21-13-17-22-23-18(25-17)16-11-9-15(10-12-16)14-7-5-4-6-8-14/h4-12H,13H2,1-3H3,(H,21,24). The van der Waals surface area contributed by atoms with Gasteiger partial charge in [0.2, 0.25) is 11.8 Å². The molecule has 0 aliphatic carbocycles. The van der Waals surface area contributed by atoms with E-state index in [9.17, 15) is 4.79 Å². The van der Waals surface area contributed by atoms with E-state index in [0.717, 1.165) is 16.7 Å². The van der Waals surface area contributed by atoms with E-state index < -0.39 is 11.7 Å². The third-order valence-corrected chi connectivity index (χ3v) is 3.49. The lowest BCUT2D eigenvalue weighted by atomic mass is 10.0. The van der Waals surface area contributed by atoms with Gasteiger partial charge in [-0.3, -0.25) is 0 Å². The molecule has 0 saturated carbocycles. The average molecular weight is 351 g/mol. The monoisotopic (exact) mass is 351 g/mol. The lowest BCUT2D eigenvalue weighted by Crippen LogP contribution is -2.32. The Balaban J connectivity index is 1.63. The molecule has 134 valence electrons. The van der Waals surface area contributed by atoms with E-state index in [1.54, 1.807) is 20.8 Å². The van der Waals surface area contributed by atoms with E-state index in [1.807, 2.05) is 42.5 Å². The van der Waals surface area contributed by atoms with Crippen LogP contribution in [0.1, 0.15) is 26.7 Å². The fourth-order valence-electron chi connectivity index (χ4n) is 2.34. The Morgan fingerprint density at radius 3 is 2.23 bits per heavy atom. The summed E-state index contributed by atoms with van der Waals surface area (Å²) in [6.07, 6.45) is -0.524. The van der Waals surface area contributed by atoms with Crippen molar-refractivity contribution in [1.82, 2.24) is 15.5 Å². The summed E-state index contributed by atoms with van der Waals surface area (Å²) in [5.41, 5.74) is 2.53. The van der Waals surface area contributed by atoms with Crippen molar-refractivity contribution in [1.29, 1.82) is 0 Å². The van der Waals surface area contributed by atoms with E-state index in [1.165, 1.54) is 0 Å². The predicted molar refractivity (Wildman–Crippen MR) is 98.2 cm³/mol. The third-order valence-electron chi connectivity index (χ3n) is 3.49. The SMILES string of the molecule is CC(C)(C)OC(=O)NCc1nnc(-c2ccc(-c3ccccc3)cc2)o1. The Bertz CT molecular complexity index is 865. The molecule has 6 nitrogen and oxygen atoms in total. The van der Waals surface area contributed by atoms with E-state index in [-0.39, 0.29) is 6.54 Å². The number of alkyl carbamates (subject to hydrolysis) is 1. The maximum atomic E-state index is 11.7. The summed E-state index contributed by atoms with van der Waals surface area (Å²) < 4.78 is 10.8. The van der Waals surface area contributed by atoms with Crippen molar-refractivity contribution in [3.8, 4) is 22.6 Å². The van der Waals surface area contributed by atoms with Crippen LogP contribution in [-0.4, -0.2) is 21.9 Å². The maximum Gasteiger partial charge on any atom is 0.408 e. The normalized spacial score (nSPS) is 11.2. The number of carbonyl (C=O) groups excluding carboxylic acids is 1. The zero-order chi connectivity index (χ0) is 18.6. The molecule has 0 unspecified atom stereocenters. The van der Waals surface area contributed by atoms with E-state index >= 15 is 0 Å². The number of hydrogen-bond donors (Lipinski definition) is 1. The van der Waals surface area contributed by atoms with Gasteiger partial charge in [0.15, 0.2) is 0 Å². The Morgan fingerprint density at radius 1 is 0.962 bits per heavy atom. The van der Waals surface area contributed by atoms with Gasteiger partial charge in [0.1, 0.15) is 5.60 Å². The van der Waals surface area contributed by atoms with Crippen LogP contribution in [-0.2, 0) is 11.3 Å². The number of ether oxygens (including phenoxy) is 1. The van der Waals surface area contributed by atoms with Crippen molar-refractivity contribution in [2.45, 2.75) is 32.9 Å². The Morgan fingerprint density at radius 2 is 1.58 bits per heavy atom. The number of aromatic nitrogens is 2. The minimum atomic E-state index is -0.551. The van der Waals surface area contributed by atoms with Crippen molar-refractivity contribution < 1.29 is 13.9 Å². The molecular weight excluding hydrogens is 330 g/mol. The van der Waals surface area contributed by atoms with Crippen LogP contribution >= 0.6 is 0 Å². The van der Waals surface area contributed by atoms with Gasteiger partial charge < -0.3 is 14.5 Å². The molecule has 1 aromatic heterocycles. The number of nitrogens with one attached hydrogen (secondary N) is 1. The molecule has 2 aromatic carbocycles. The molecule has 0 bridgehead atoms. The molecule has 6 heteroatoms. The quantitative estimate of drug-likeness (QED) is 0.752. The summed E-state index contributed by atoms with van der Waals surface area (Å²) >= 11 is 0. The van der Waals surface area contributed by atoms with E-state index in [2.05, 4.69) is 27.6 Å². The third kappa shape index (κ3) is 4.69. The van der Waals surface area contributed by atoms with Crippen molar-refractivity contribution in [3.05, 3.63) is 60.5 Å². The first kappa shape index (κ1) is 17.7. The Kier molecular flexibility index (Phi) is 5.02. The van der Waals surface area contributed by atoms with Crippen LogP contribution in [0.15, 0.2) is 59.0 Å². The second-order valence-electron chi connectivity index (χ2n) is 6.80. The molecule has 0 aliphatic rings. The van der Waals surface area contributed by atoms with Gasteiger partial charge >= 0.3 is 6.09 Å². The largest absolute Gasteiger partial charge is 0.444 e. The molecule has 26 heavy (non-hydrogen) atoms. The van der Waals surface area contributed by atoms with Crippen LogP contribution in [0.4, 0.5) is 4.79 Å². The second kappa shape index (κ2) is 7.39. The summed E-state index contributed by atoms with van der Waals surface area (Å²) in [4.78, 5) is 11.7. The first-order valence-corrected chi connectivity index (χ1v) is 8.36. The first-order chi connectivity index (χ1) is 12.4. The van der Waals surface area contributed by atoms with Gasteiger partial charge in [-0.05, 0) is 44.0 Å². The van der Waals surface area contributed by atoms with Crippen LogP contribution in [0.2, 0.25) is 0 Å². The van der Waals surface area contributed by atoms with Crippen LogP contribution in [0.3, 0.4) is 0 Å². The molecule has 0 fully saturated rings. The fraction of sp³-hybridized carbons (Fsp3) is 0.250. The van der Waals surface area contributed by atoms with E-state index in [0.29, 0.717) is 11.8 Å². The van der Waals surface area contributed by atoms with Gasteiger partial charge in [0, 0.05) is 5.56 Å². The smallest absolute Gasteiger partial charge is 0.408 e. The van der Waals surface area contributed by atoms with Gasteiger partial charge in [0.25, 0.3) is 0 Å². The van der Waals surface area contributed by atoms with Gasteiger partial charge in [-0.1, -0.05) is 42.5 Å². The van der Waals surface area contributed by atoms with Crippen LogP contribution in [0.25, 0.3) is 22.6 Å². The maximum absolute atomic E-state index is 11.7. The molecule has 1 amide bonds. The zero-order valence-electron chi connectivity index (χ0n) is 15.0. The Hall–Kier alpha value is -3.15. The number of carbonyl (C=O) groups is 1. The Labute approximate surface area is 152 Å². The molecule has 1 N–H and O–H groups in total. The van der Waals surface area contributed by atoms with Crippen LogP contribution in [0.5, 0.6) is 0 Å². The highest BCUT2D eigenvalue weighted by Crippen LogP contribution is 2.24. The molecule has 0 saturated heterocycles. The average Bonchev–Trinajstić information content (AvgIpc) is 3.08. The minimum absolute atomic E-state index is 0.115. The van der Waals surface area contributed by atoms with Gasteiger partial charge in [-0.15, -0.1) is 10.2 Å². The lowest BCUT2D eigenvalue weighted by Gasteiger charge is -2.19. The molecular formula is C20H21N3O3. The molecule has 0 aliphatic heterocycles. The molecule has 3 aromatic rings. The molecule has 3 rings (SSSR count). The second-order valence-corrected chi connectivity index (χ2v) is 6.80. The van der Waals surface area contributed by atoms with Crippen molar-refractivity contribution >= 4 is 6.09 Å². The summed E-state index contributed by atoms with van der Waals surface area (Å²) in [6, 6.07) is 18.0. The first-order valence-electron chi connectivity index (χ1n) is 8.36. The highest BCUT2D eigenvalue weighted by molar-refractivity contribution is 5.68. The van der Waals surface area contributed by atoms with Gasteiger partial charge in [-0.25, -0.2) is 4.79 Å². The number of benzene rings is 2. The molecule has 1 heterocycles. The number of nitrogens with zero attached hydrogens (tertiary/aromatic N) is 2. The molecule has 0 spiro atoms. The fourth-order valence-corrected chi connectivity index (χ4v) is 2.34. The minimum Gasteiger partial charge on any atom is -0.444 e. The topological polar surface area (TPSA) is 77.2 Å². The summed E-state index contributed by atoms with van der Waals surface area (Å²) in [7, 11) is 0. The molecule has 0 atom stereocenters. The van der Waals surface area contributed by atoms with Crippen LogP contribution < -0.4 is 5.32 Å². The molecule has 0 radical (unpaired) electrons. The zero-order valence-corrected chi connectivity index (χ0v) is 15.0. The summed E-state index contributed by atoms with van der Waals surface area (Å²) in [5, 5.41) is 10.6. The predicted octanol–water partition coefficient (Wildman–Crippen LogP) is 4.43. The highest BCUT2D eigenvalue weighted by Gasteiger charge is 2.17.